The van der Waals surface area contributed by atoms with Crippen LogP contribution in [0.4, 0.5) is 17.3 Å². The Hall–Kier alpha value is -2.30. The number of benzene rings is 1. The lowest BCUT2D eigenvalue weighted by atomic mass is 10.2. The molecule has 5 nitrogen and oxygen atoms in total. The Morgan fingerprint density at radius 3 is 2.45 bits per heavy atom. The maximum absolute atomic E-state index is 5.42. The molecular formula is C15H20N4O. The molecule has 0 aliphatic carbocycles. The summed E-state index contributed by atoms with van der Waals surface area (Å²) in [5.41, 5.74) is 2.18. The third-order valence-electron chi connectivity index (χ3n) is 2.86. The van der Waals surface area contributed by atoms with Gasteiger partial charge in [0.25, 0.3) is 0 Å². The van der Waals surface area contributed by atoms with Crippen LogP contribution in [0.1, 0.15) is 18.9 Å². The summed E-state index contributed by atoms with van der Waals surface area (Å²) in [6.45, 7) is 5.01. The number of aromatic nitrogens is 2. The summed E-state index contributed by atoms with van der Waals surface area (Å²) >= 11 is 0. The number of aryl methyl sites for hydroxylation is 1. The first kappa shape index (κ1) is 14.1. The average Bonchev–Trinajstić information content (AvgIpc) is 2.47. The molecule has 2 N–H and O–H groups in total. The highest BCUT2D eigenvalue weighted by atomic mass is 16.5. The highest BCUT2D eigenvalue weighted by Crippen LogP contribution is 2.31. The van der Waals surface area contributed by atoms with Crippen molar-refractivity contribution in [3.05, 3.63) is 36.2 Å². The van der Waals surface area contributed by atoms with Crippen molar-refractivity contribution in [3.8, 4) is 5.75 Å². The van der Waals surface area contributed by atoms with Gasteiger partial charge < -0.3 is 15.4 Å². The second kappa shape index (κ2) is 6.75. The van der Waals surface area contributed by atoms with Gasteiger partial charge in [0.1, 0.15) is 6.33 Å². The number of methoxy groups -OCH3 is 1. The Balaban J connectivity index is 2.24. The molecule has 0 aliphatic rings. The van der Waals surface area contributed by atoms with Gasteiger partial charge in [0.2, 0.25) is 5.75 Å². The molecule has 0 atom stereocenters. The molecule has 0 spiro atoms. The van der Waals surface area contributed by atoms with Gasteiger partial charge >= 0.3 is 0 Å². The van der Waals surface area contributed by atoms with E-state index in [1.165, 1.54) is 11.9 Å². The first-order chi connectivity index (χ1) is 9.74. The van der Waals surface area contributed by atoms with Crippen molar-refractivity contribution in [1.82, 2.24) is 9.97 Å². The van der Waals surface area contributed by atoms with E-state index in [-0.39, 0.29) is 0 Å². The number of hydrogen-bond acceptors (Lipinski definition) is 5. The van der Waals surface area contributed by atoms with Crippen molar-refractivity contribution in [2.24, 2.45) is 0 Å². The van der Waals surface area contributed by atoms with E-state index >= 15 is 0 Å². The van der Waals surface area contributed by atoms with Gasteiger partial charge in [-0.25, -0.2) is 9.97 Å². The van der Waals surface area contributed by atoms with Gasteiger partial charge in [-0.1, -0.05) is 24.6 Å². The Morgan fingerprint density at radius 1 is 1.10 bits per heavy atom. The van der Waals surface area contributed by atoms with Crippen LogP contribution in [0.2, 0.25) is 0 Å². The fourth-order valence-corrected chi connectivity index (χ4v) is 1.80. The van der Waals surface area contributed by atoms with Crippen LogP contribution in [0.3, 0.4) is 0 Å². The Bertz CT molecular complexity index is 554. The lowest BCUT2D eigenvalue weighted by Crippen LogP contribution is -2.07. The van der Waals surface area contributed by atoms with Crippen LogP contribution >= 0.6 is 0 Å². The third-order valence-corrected chi connectivity index (χ3v) is 2.86. The van der Waals surface area contributed by atoms with Crippen molar-refractivity contribution in [3.63, 3.8) is 0 Å². The summed E-state index contributed by atoms with van der Waals surface area (Å²) in [6.07, 6.45) is 2.55. The summed E-state index contributed by atoms with van der Waals surface area (Å²) in [6, 6.07) is 8.12. The van der Waals surface area contributed by atoms with E-state index in [0.717, 1.165) is 18.7 Å². The molecular weight excluding hydrogens is 252 g/mol. The Labute approximate surface area is 119 Å². The van der Waals surface area contributed by atoms with E-state index in [0.29, 0.717) is 17.4 Å². The molecule has 1 aromatic carbocycles. The zero-order valence-electron chi connectivity index (χ0n) is 12.1. The van der Waals surface area contributed by atoms with Gasteiger partial charge in [-0.15, -0.1) is 0 Å². The first-order valence-electron chi connectivity index (χ1n) is 6.71. The highest BCUT2D eigenvalue weighted by Gasteiger charge is 2.11. The van der Waals surface area contributed by atoms with Gasteiger partial charge in [-0.3, -0.25) is 0 Å². The zero-order valence-corrected chi connectivity index (χ0v) is 12.1. The number of hydrogen-bond donors (Lipinski definition) is 2. The predicted octanol–water partition coefficient (Wildman–Crippen LogP) is 3.36. The molecule has 0 bridgehead atoms. The van der Waals surface area contributed by atoms with Crippen LogP contribution in [0.15, 0.2) is 30.6 Å². The average molecular weight is 272 g/mol. The predicted molar refractivity (Wildman–Crippen MR) is 81.8 cm³/mol. The van der Waals surface area contributed by atoms with Crippen LogP contribution in [0.25, 0.3) is 0 Å². The smallest absolute Gasteiger partial charge is 0.204 e. The SMILES string of the molecule is CCCNc1ncnc(Nc2ccc(C)cc2)c1OC. The number of nitrogens with one attached hydrogen (secondary N) is 2. The van der Waals surface area contributed by atoms with E-state index in [1.807, 2.05) is 24.3 Å². The summed E-state index contributed by atoms with van der Waals surface area (Å²) in [5.74, 6) is 1.99. The molecule has 5 heteroatoms. The quantitative estimate of drug-likeness (QED) is 0.844. The molecule has 2 aromatic rings. The summed E-state index contributed by atoms with van der Waals surface area (Å²) in [7, 11) is 1.62. The fourth-order valence-electron chi connectivity index (χ4n) is 1.80. The maximum atomic E-state index is 5.42. The van der Waals surface area contributed by atoms with Gasteiger partial charge in [0, 0.05) is 12.2 Å². The van der Waals surface area contributed by atoms with Crippen molar-refractivity contribution in [2.75, 3.05) is 24.3 Å². The highest BCUT2D eigenvalue weighted by molar-refractivity contribution is 5.69. The van der Waals surface area contributed by atoms with Gasteiger partial charge in [-0.05, 0) is 25.5 Å². The molecule has 0 saturated heterocycles. The molecule has 2 rings (SSSR count). The molecule has 20 heavy (non-hydrogen) atoms. The lowest BCUT2D eigenvalue weighted by molar-refractivity contribution is 0.415. The van der Waals surface area contributed by atoms with Gasteiger partial charge in [0.05, 0.1) is 7.11 Å². The molecule has 0 unspecified atom stereocenters. The van der Waals surface area contributed by atoms with Crippen molar-refractivity contribution in [2.45, 2.75) is 20.3 Å². The second-order valence-electron chi connectivity index (χ2n) is 4.52. The number of anilines is 3. The summed E-state index contributed by atoms with van der Waals surface area (Å²) < 4.78 is 5.42. The van der Waals surface area contributed by atoms with Gasteiger partial charge in [-0.2, -0.15) is 0 Å². The molecule has 106 valence electrons. The summed E-state index contributed by atoms with van der Waals surface area (Å²) in [4.78, 5) is 8.46. The molecule has 1 heterocycles. The third kappa shape index (κ3) is 3.38. The Kier molecular flexibility index (Phi) is 4.76. The van der Waals surface area contributed by atoms with E-state index in [1.54, 1.807) is 7.11 Å². The molecule has 0 amide bonds. The molecule has 0 saturated carbocycles. The van der Waals surface area contributed by atoms with Crippen LogP contribution < -0.4 is 15.4 Å². The molecule has 0 fully saturated rings. The maximum Gasteiger partial charge on any atom is 0.204 e. The zero-order chi connectivity index (χ0) is 14.4. The normalized spacial score (nSPS) is 10.2. The molecule has 0 radical (unpaired) electrons. The van der Waals surface area contributed by atoms with E-state index < -0.39 is 0 Å². The van der Waals surface area contributed by atoms with E-state index in [9.17, 15) is 0 Å². The monoisotopic (exact) mass is 272 g/mol. The first-order valence-corrected chi connectivity index (χ1v) is 6.71. The van der Waals surface area contributed by atoms with Crippen LogP contribution in [0, 0.1) is 6.92 Å². The van der Waals surface area contributed by atoms with Crippen molar-refractivity contribution < 1.29 is 4.74 Å². The Morgan fingerprint density at radius 2 is 1.80 bits per heavy atom. The second-order valence-corrected chi connectivity index (χ2v) is 4.52. The largest absolute Gasteiger partial charge is 0.490 e. The van der Waals surface area contributed by atoms with E-state index in [2.05, 4.69) is 34.4 Å². The fraction of sp³-hybridized carbons (Fsp3) is 0.333. The number of nitrogens with zero attached hydrogens (tertiary/aromatic N) is 2. The lowest BCUT2D eigenvalue weighted by Gasteiger charge is -2.14. The van der Waals surface area contributed by atoms with Crippen LogP contribution in [0.5, 0.6) is 5.75 Å². The minimum absolute atomic E-state index is 0.626. The van der Waals surface area contributed by atoms with Gasteiger partial charge in [0.15, 0.2) is 11.6 Å². The topological polar surface area (TPSA) is 59.1 Å². The minimum atomic E-state index is 0.626. The summed E-state index contributed by atoms with van der Waals surface area (Å²) in [5, 5.41) is 6.48. The van der Waals surface area contributed by atoms with Crippen molar-refractivity contribution in [1.29, 1.82) is 0 Å². The van der Waals surface area contributed by atoms with Crippen LogP contribution in [-0.2, 0) is 0 Å². The number of rotatable bonds is 6. The van der Waals surface area contributed by atoms with Crippen molar-refractivity contribution >= 4 is 17.3 Å². The minimum Gasteiger partial charge on any atom is -0.490 e. The van der Waals surface area contributed by atoms with Crippen LogP contribution in [-0.4, -0.2) is 23.6 Å². The number of ether oxygens (including phenoxy) is 1. The molecule has 1 aromatic heterocycles. The standard InChI is InChI=1S/C15H20N4O/c1-4-9-16-14-13(20-3)15(18-10-17-14)19-12-7-5-11(2)6-8-12/h5-8,10H,4,9H2,1-3H3,(H2,16,17,18,19). The van der Waals surface area contributed by atoms with E-state index in [4.69, 9.17) is 4.74 Å². The molecule has 0 aliphatic heterocycles.